The van der Waals surface area contributed by atoms with Crippen LogP contribution in [-0.4, -0.2) is 36.4 Å². The van der Waals surface area contributed by atoms with Crippen LogP contribution in [0.5, 0.6) is 5.88 Å². The van der Waals surface area contributed by atoms with Crippen LogP contribution in [0.4, 0.5) is 5.69 Å². The van der Waals surface area contributed by atoms with E-state index in [2.05, 4.69) is 9.46 Å². The summed E-state index contributed by atoms with van der Waals surface area (Å²) in [5, 5.41) is 13.8. The topological polar surface area (TPSA) is 84.5 Å². The van der Waals surface area contributed by atoms with Crippen molar-refractivity contribution in [3.05, 3.63) is 41.1 Å². The van der Waals surface area contributed by atoms with Crippen LogP contribution in [0.15, 0.2) is 28.8 Å². The van der Waals surface area contributed by atoms with Crippen LogP contribution in [0.3, 0.4) is 0 Å². The van der Waals surface area contributed by atoms with Crippen molar-refractivity contribution in [1.82, 2.24) is 9.78 Å². The molecule has 7 heteroatoms. The maximum absolute atomic E-state index is 12.8. The van der Waals surface area contributed by atoms with Gasteiger partial charge in [-0.15, -0.1) is 0 Å². The highest BCUT2D eigenvalue weighted by Gasteiger charge is 2.21. The van der Waals surface area contributed by atoms with E-state index < -0.39 is 9.73 Å². The molecule has 1 aromatic carbocycles. The second-order valence-corrected chi connectivity index (χ2v) is 8.66. The molecule has 0 atom stereocenters. The molecule has 2 heterocycles. The van der Waals surface area contributed by atoms with Gasteiger partial charge in [-0.3, -0.25) is 4.79 Å². The summed E-state index contributed by atoms with van der Waals surface area (Å²) in [6, 6.07) is 5.21. The third-order valence-electron chi connectivity index (χ3n) is 4.39. The number of aromatic hydroxyl groups is 1. The Hall–Kier alpha value is -2.15. The van der Waals surface area contributed by atoms with E-state index in [1.807, 2.05) is 0 Å². The molecule has 1 aromatic heterocycles. The van der Waals surface area contributed by atoms with Crippen molar-refractivity contribution in [3.8, 4) is 5.88 Å². The van der Waals surface area contributed by atoms with Crippen molar-refractivity contribution < 1.29 is 14.1 Å². The summed E-state index contributed by atoms with van der Waals surface area (Å²) in [5.74, 6) is 0.760. The van der Waals surface area contributed by atoms with E-state index in [1.54, 1.807) is 32.2 Å². The number of benzene rings is 1. The van der Waals surface area contributed by atoms with Crippen LogP contribution in [0, 0.1) is 6.92 Å². The molecule has 0 bridgehead atoms. The zero-order valence-corrected chi connectivity index (χ0v) is 14.7. The normalized spacial score (nSPS) is 16.8. The molecule has 0 unspecified atom stereocenters. The Morgan fingerprint density at radius 2 is 1.96 bits per heavy atom. The first kappa shape index (κ1) is 16.7. The number of nitrogens with zero attached hydrogens (tertiary/aromatic N) is 3. The molecule has 2 aromatic rings. The fourth-order valence-electron chi connectivity index (χ4n) is 2.91. The molecule has 1 saturated heterocycles. The fraction of sp³-hybridized carbons (Fsp3) is 0.412. The Morgan fingerprint density at radius 3 is 2.58 bits per heavy atom. The third kappa shape index (κ3) is 3.08. The molecule has 1 aliphatic rings. The number of carbonyl (C=O) groups excluding carboxylic acids is 1. The fourth-order valence-corrected chi connectivity index (χ4v) is 5.16. The van der Waals surface area contributed by atoms with Gasteiger partial charge in [0.25, 0.3) is 0 Å². The Labute approximate surface area is 141 Å². The van der Waals surface area contributed by atoms with Gasteiger partial charge in [0, 0.05) is 24.1 Å². The highest BCUT2D eigenvalue weighted by atomic mass is 32.2. The molecule has 0 spiro atoms. The third-order valence-corrected chi connectivity index (χ3v) is 6.78. The molecule has 0 amide bonds. The molecule has 24 heavy (non-hydrogen) atoms. The largest absolute Gasteiger partial charge is 0.493 e. The zero-order chi connectivity index (χ0) is 17.3. The molecule has 128 valence electrons. The number of rotatable bonds is 3. The molecule has 1 fully saturated rings. The van der Waals surface area contributed by atoms with Gasteiger partial charge < -0.3 is 5.11 Å². The lowest BCUT2D eigenvalue weighted by molar-refractivity contribution is 0.103. The first-order valence-corrected chi connectivity index (χ1v) is 9.84. The van der Waals surface area contributed by atoms with Gasteiger partial charge in [-0.1, -0.05) is 18.6 Å². The first-order chi connectivity index (χ1) is 11.4. The quantitative estimate of drug-likeness (QED) is 0.865. The van der Waals surface area contributed by atoms with Crippen molar-refractivity contribution in [2.24, 2.45) is 11.4 Å². The minimum absolute atomic E-state index is 0.152. The van der Waals surface area contributed by atoms with E-state index in [-0.39, 0.29) is 17.2 Å². The highest BCUT2D eigenvalue weighted by molar-refractivity contribution is 7.93. The highest BCUT2D eigenvalue weighted by Crippen LogP contribution is 2.29. The van der Waals surface area contributed by atoms with Gasteiger partial charge in [-0.25, -0.2) is 8.89 Å². The number of hydrogen-bond donors (Lipinski definition) is 1. The monoisotopic (exact) mass is 347 g/mol. The van der Waals surface area contributed by atoms with Gasteiger partial charge in [0.15, 0.2) is 5.78 Å². The predicted octanol–water partition coefficient (Wildman–Crippen LogP) is 2.95. The summed E-state index contributed by atoms with van der Waals surface area (Å²) in [7, 11) is -0.661. The number of aromatic nitrogens is 2. The van der Waals surface area contributed by atoms with Crippen LogP contribution in [0.25, 0.3) is 0 Å². The van der Waals surface area contributed by atoms with E-state index in [9.17, 15) is 14.1 Å². The smallest absolute Gasteiger partial charge is 0.220 e. The van der Waals surface area contributed by atoms with Crippen LogP contribution in [-0.2, 0) is 16.8 Å². The van der Waals surface area contributed by atoms with E-state index in [0.29, 0.717) is 28.3 Å². The van der Waals surface area contributed by atoms with E-state index >= 15 is 0 Å². The zero-order valence-electron chi connectivity index (χ0n) is 13.9. The maximum atomic E-state index is 12.8. The van der Waals surface area contributed by atoms with Crippen molar-refractivity contribution in [3.63, 3.8) is 0 Å². The Bertz CT molecular complexity index is 896. The molecule has 0 aliphatic carbocycles. The molecule has 1 aliphatic heterocycles. The van der Waals surface area contributed by atoms with Crippen LogP contribution in [0.1, 0.15) is 40.7 Å². The van der Waals surface area contributed by atoms with Gasteiger partial charge in [0.05, 0.1) is 21.6 Å². The van der Waals surface area contributed by atoms with E-state index in [4.69, 9.17) is 0 Å². The average molecular weight is 347 g/mol. The molecule has 1 N–H and O–H groups in total. The number of hydrogen-bond acceptors (Lipinski definition) is 5. The predicted molar refractivity (Wildman–Crippen MR) is 93.3 cm³/mol. The minimum Gasteiger partial charge on any atom is -0.493 e. The maximum Gasteiger partial charge on any atom is 0.220 e. The van der Waals surface area contributed by atoms with Crippen LogP contribution in [0.2, 0.25) is 0 Å². The summed E-state index contributed by atoms with van der Waals surface area (Å²) in [6.07, 6.45) is 4.32. The van der Waals surface area contributed by atoms with Gasteiger partial charge in [0.2, 0.25) is 5.88 Å². The van der Waals surface area contributed by atoms with Gasteiger partial charge in [-0.2, -0.15) is 9.46 Å². The summed E-state index contributed by atoms with van der Waals surface area (Å²) < 4.78 is 18.6. The van der Waals surface area contributed by atoms with Crippen molar-refractivity contribution in [2.45, 2.75) is 26.2 Å². The summed E-state index contributed by atoms with van der Waals surface area (Å²) >= 11 is 0. The van der Waals surface area contributed by atoms with E-state index in [0.717, 1.165) is 19.3 Å². The minimum atomic E-state index is -2.23. The van der Waals surface area contributed by atoms with Gasteiger partial charge in [0.1, 0.15) is 5.56 Å². The van der Waals surface area contributed by atoms with Crippen molar-refractivity contribution in [2.75, 3.05) is 11.5 Å². The van der Waals surface area contributed by atoms with E-state index in [1.165, 1.54) is 10.9 Å². The Kier molecular flexibility index (Phi) is 4.45. The second-order valence-electron chi connectivity index (χ2n) is 6.12. The Morgan fingerprint density at radius 1 is 1.25 bits per heavy atom. The van der Waals surface area contributed by atoms with Crippen LogP contribution < -0.4 is 0 Å². The van der Waals surface area contributed by atoms with Crippen LogP contribution >= 0.6 is 0 Å². The lowest BCUT2D eigenvalue weighted by atomic mass is 10.00. The summed E-state index contributed by atoms with van der Waals surface area (Å²) in [5.41, 5.74) is 1.87. The number of aryl methyl sites for hydroxylation is 1. The SMILES string of the molecule is Cc1c(N=S2(=O)CCCCC2)cccc1C(=O)c1cnn(C)c1O. The standard InChI is InChI=1S/C17H21N3O3S/c1-12-13(16(21)14-11-18-20(2)17(14)22)7-6-8-15(12)19-24(23)9-4-3-5-10-24/h6-8,11,22H,3-5,9-10H2,1-2H3. The van der Waals surface area contributed by atoms with Crippen molar-refractivity contribution >= 4 is 21.2 Å². The lowest BCUT2D eigenvalue weighted by Crippen LogP contribution is -2.16. The first-order valence-electron chi connectivity index (χ1n) is 7.99. The summed E-state index contributed by atoms with van der Waals surface area (Å²) in [4.78, 5) is 12.7. The second kappa shape index (κ2) is 6.39. The van der Waals surface area contributed by atoms with Gasteiger partial charge >= 0.3 is 0 Å². The lowest BCUT2D eigenvalue weighted by Gasteiger charge is -2.16. The molecular weight excluding hydrogens is 326 g/mol. The summed E-state index contributed by atoms with van der Waals surface area (Å²) in [6.45, 7) is 1.80. The van der Waals surface area contributed by atoms with Gasteiger partial charge in [-0.05, 0) is 31.4 Å². The molecule has 0 saturated carbocycles. The number of carbonyl (C=O) groups is 1. The molecule has 0 radical (unpaired) electrons. The number of ketones is 1. The molecule has 6 nitrogen and oxygen atoms in total. The Balaban J connectivity index is 2.03. The van der Waals surface area contributed by atoms with Crippen molar-refractivity contribution in [1.29, 1.82) is 0 Å². The molecular formula is C17H21N3O3S. The molecule has 3 rings (SSSR count). The average Bonchev–Trinajstić information content (AvgIpc) is 2.89.